The number of amides is 1. The fourth-order valence-corrected chi connectivity index (χ4v) is 5.26. The quantitative estimate of drug-likeness (QED) is 0.349. The lowest BCUT2D eigenvalue weighted by molar-refractivity contribution is -0.118. The molecule has 1 aromatic heterocycles. The molecule has 0 saturated carbocycles. The predicted molar refractivity (Wildman–Crippen MR) is 140 cm³/mol. The third kappa shape index (κ3) is 5.00. The first-order chi connectivity index (χ1) is 16.7. The molecule has 0 aliphatic heterocycles. The van der Waals surface area contributed by atoms with Crippen molar-refractivity contribution >= 4 is 26.8 Å². The van der Waals surface area contributed by atoms with Gasteiger partial charge < -0.3 is 10.3 Å². The maximum Gasteiger partial charge on any atom is 0.229 e. The Morgan fingerprint density at radius 3 is 2.17 bits per heavy atom. The molecular weight excluding hydrogens is 458 g/mol. The summed E-state index contributed by atoms with van der Waals surface area (Å²) in [7, 11) is -3.31. The molecule has 1 heterocycles. The van der Waals surface area contributed by atoms with Crippen molar-refractivity contribution in [3.63, 3.8) is 0 Å². The van der Waals surface area contributed by atoms with Gasteiger partial charge in [-0.2, -0.15) is 0 Å². The summed E-state index contributed by atoms with van der Waals surface area (Å²) in [6, 6.07) is 20.4. The number of carbonyl (C=O) groups is 1. The van der Waals surface area contributed by atoms with Gasteiger partial charge in [-0.15, -0.1) is 0 Å². The number of fused-ring (bicyclic) bond motifs is 1. The molecule has 1 amide bonds. The van der Waals surface area contributed by atoms with Gasteiger partial charge in [-0.05, 0) is 54.3 Å². The van der Waals surface area contributed by atoms with Crippen LogP contribution in [-0.4, -0.2) is 29.6 Å². The van der Waals surface area contributed by atoms with Crippen LogP contribution >= 0.6 is 0 Å². The van der Waals surface area contributed by atoms with Gasteiger partial charge in [0, 0.05) is 12.1 Å². The lowest BCUT2D eigenvalue weighted by Gasteiger charge is -2.16. The highest BCUT2D eigenvalue weighted by Crippen LogP contribution is 2.30. The molecule has 1 unspecified atom stereocenters. The molecule has 7 heteroatoms. The van der Waals surface area contributed by atoms with Gasteiger partial charge in [0.15, 0.2) is 9.84 Å². The van der Waals surface area contributed by atoms with Crippen LogP contribution in [0.1, 0.15) is 49.3 Å². The number of imidazole rings is 1. The minimum atomic E-state index is -3.31. The zero-order valence-corrected chi connectivity index (χ0v) is 21.2. The van der Waals surface area contributed by atoms with E-state index in [9.17, 15) is 13.2 Å². The second kappa shape index (κ2) is 10.0. The summed E-state index contributed by atoms with van der Waals surface area (Å²) in [4.78, 5) is 17.5. The lowest BCUT2D eigenvalue weighted by Crippen LogP contribution is -2.22. The van der Waals surface area contributed by atoms with E-state index in [-0.39, 0.29) is 10.6 Å². The van der Waals surface area contributed by atoms with Gasteiger partial charge in [0.2, 0.25) is 5.91 Å². The molecule has 0 saturated heterocycles. The molecule has 0 radical (unpaired) electrons. The Kier molecular flexibility index (Phi) is 7.08. The summed E-state index contributed by atoms with van der Waals surface area (Å²) in [5.41, 5.74) is 11.4. The van der Waals surface area contributed by atoms with E-state index in [1.807, 2.05) is 24.3 Å². The fraction of sp³-hybridized carbons (Fsp3) is 0.286. The maximum atomic E-state index is 12.4. The molecule has 182 valence electrons. The molecule has 6 nitrogen and oxygen atoms in total. The first-order valence-corrected chi connectivity index (χ1v) is 13.6. The number of hydrogen-bond acceptors (Lipinski definition) is 4. The van der Waals surface area contributed by atoms with E-state index < -0.39 is 21.7 Å². The van der Waals surface area contributed by atoms with Gasteiger partial charge in [-0.25, -0.2) is 13.4 Å². The van der Waals surface area contributed by atoms with Crippen LogP contribution < -0.4 is 5.73 Å². The highest BCUT2D eigenvalue weighted by molar-refractivity contribution is 7.91. The third-order valence-electron chi connectivity index (χ3n) is 6.38. The molecule has 2 N–H and O–H groups in total. The number of carbonyl (C=O) groups excluding carboxylic acids is 1. The van der Waals surface area contributed by atoms with E-state index in [0.29, 0.717) is 5.56 Å². The van der Waals surface area contributed by atoms with Crippen LogP contribution in [0.5, 0.6) is 0 Å². The average Bonchev–Trinajstić information content (AvgIpc) is 3.21. The smallest absolute Gasteiger partial charge is 0.229 e. The van der Waals surface area contributed by atoms with Crippen LogP contribution in [-0.2, 0) is 21.2 Å². The molecule has 0 aliphatic rings. The summed E-state index contributed by atoms with van der Waals surface area (Å²) in [6.07, 6.45) is 2.14. The van der Waals surface area contributed by atoms with Crippen LogP contribution in [0.3, 0.4) is 0 Å². The average molecular weight is 490 g/mol. The van der Waals surface area contributed by atoms with E-state index >= 15 is 0 Å². The fourth-order valence-electron chi connectivity index (χ4n) is 4.38. The zero-order valence-electron chi connectivity index (χ0n) is 20.4. The van der Waals surface area contributed by atoms with Crippen molar-refractivity contribution in [2.75, 3.05) is 5.75 Å². The van der Waals surface area contributed by atoms with Crippen molar-refractivity contribution < 1.29 is 13.2 Å². The molecule has 1 atom stereocenters. The second-order valence-electron chi connectivity index (χ2n) is 8.86. The number of nitrogens with two attached hydrogens (primary N) is 1. The van der Waals surface area contributed by atoms with Crippen molar-refractivity contribution in [2.45, 2.75) is 51.0 Å². The van der Waals surface area contributed by atoms with Crippen LogP contribution in [0.4, 0.5) is 0 Å². The Bertz CT molecular complexity index is 1450. The summed E-state index contributed by atoms with van der Waals surface area (Å²) < 4.78 is 26.5. The summed E-state index contributed by atoms with van der Waals surface area (Å²) in [6.45, 7) is 6.74. The van der Waals surface area contributed by atoms with E-state index in [1.165, 1.54) is 17.7 Å². The number of aryl methyl sites for hydroxylation is 2. The Balaban J connectivity index is 1.71. The Labute approximate surface area is 206 Å². The van der Waals surface area contributed by atoms with E-state index in [4.69, 9.17) is 10.7 Å². The minimum Gasteiger partial charge on any atom is -0.369 e. The number of aromatic nitrogens is 2. The summed E-state index contributed by atoms with van der Waals surface area (Å²) >= 11 is 0. The summed E-state index contributed by atoms with van der Waals surface area (Å²) in [5.74, 6) is -0.246. The Morgan fingerprint density at radius 2 is 1.60 bits per heavy atom. The van der Waals surface area contributed by atoms with E-state index in [2.05, 4.69) is 36.6 Å². The van der Waals surface area contributed by atoms with Crippen LogP contribution in [0.25, 0.3) is 22.4 Å². The standard InChI is InChI=1S/C28H31N3O3S/c1-4-6-17-31-25-18-19(3)7-16-24(25)30-28(31)22-10-8-20(9-11-22)26(27(29)32)21-12-14-23(15-13-21)35(33,34)5-2/h7-16,18,26H,4-6,17H2,1-3H3,(H2,29,32). The Hall–Kier alpha value is -3.45. The van der Waals surface area contributed by atoms with Gasteiger partial charge in [-0.3, -0.25) is 4.79 Å². The van der Waals surface area contributed by atoms with Gasteiger partial charge >= 0.3 is 0 Å². The van der Waals surface area contributed by atoms with Gasteiger partial charge in [0.25, 0.3) is 0 Å². The summed E-state index contributed by atoms with van der Waals surface area (Å²) in [5, 5.41) is 0. The number of benzene rings is 3. The minimum absolute atomic E-state index is 0.0235. The molecule has 3 aromatic carbocycles. The number of sulfone groups is 1. The molecule has 0 fully saturated rings. The number of nitrogens with zero attached hydrogens (tertiary/aromatic N) is 2. The number of hydrogen-bond donors (Lipinski definition) is 1. The molecule has 35 heavy (non-hydrogen) atoms. The van der Waals surface area contributed by atoms with Gasteiger partial charge in [0.1, 0.15) is 5.82 Å². The lowest BCUT2D eigenvalue weighted by atomic mass is 9.90. The second-order valence-corrected chi connectivity index (χ2v) is 11.1. The van der Waals surface area contributed by atoms with Gasteiger partial charge in [-0.1, -0.05) is 62.7 Å². The maximum absolute atomic E-state index is 12.4. The SMILES string of the molecule is CCCCn1c(-c2ccc(C(C(N)=O)c3ccc(S(=O)(=O)CC)cc3)cc2)nc2ccc(C)cc21. The number of rotatable bonds is 9. The first-order valence-electron chi connectivity index (χ1n) is 11.9. The van der Waals surface area contributed by atoms with Crippen molar-refractivity contribution in [3.8, 4) is 11.4 Å². The van der Waals surface area contributed by atoms with E-state index in [1.54, 1.807) is 19.1 Å². The topological polar surface area (TPSA) is 95.0 Å². The van der Waals surface area contributed by atoms with Gasteiger partial charge in [0.05, 0.1) is 27.6 Å². The highest BCUT2D eigenvalue weighted by Gasteiger charge is 2.22. The monoisotopic (exact) mass is 489 g/mol. The van der Waals surface area contributed by atoms with Crippen LogP contribution in [0.2, 0.25) is 0 Å². The molecular formula is C28H31N3O3S. The highest BCUT2D eigenvalue weighted by atomic mass is 32.2. The molecule has 4 rings (SSSR count). The van der Waals surface area contributed by atoms with Crippen molar-refractivity contribution in [3.05, 3.63) is 83.4 Å². The molecule has 0 spiro atoms. The largest absolute Gasteiger partial charge is 0.369 e. The van der Waals surface area contributed by atoms with Crippen LogP contribution in [0.15, 0.2) is 71.6 Å². The number of primary amides is 1. The normalized spacial score (nSPS) is 12.7. The zero-order chi connectivity index (χ0) is 25.2. The van der Waals surface area contributed by atoms with Crippen molar-refractivity contribution in [2.24, 2.45) is 5.73 Å². The molecule has 4 aromatic rings. The van der Waals surface area contributed by atoms with Crippen molar-refractivity contribution in [1.82, 2.24) is 9.55 Å². The van der Waals surface area contributed by atoms with Crippen LogP contribution in [0, 0.1) is 6.92 Å². The van der Waals surface area contributed by atoms with E-state index in [0.717, 1.165) is 47.4 Å². The Morgan fingerprint density at radius 1 is 0.971 bits per heavy atom. The number of unbranched alkanes of at least 4 members (excludes halogenated alkanes) is 1. The first kappa shape index (κ1) is 24.7. The third-order valence-corrected chi connectivity index (χ3v) is 8.13. The molecule has 0 bridgehead atoms. The molecule has 0 aliphatic carbocycles. The predicted octanol–water partition coefficient (Wildman–Crippen LogP) is 5.22. The van der Waals surface area contributed by atoms with Crippen molar-refractivity contribution in [1.29, 1.82) is 0 Å².